The van der Waals surface area contributed by atoms with Crippen LogP contribution in [0.4, 0.5) is 5.82 Å². The highest BCUT2D eigenvalue weighted by atomic mass is 32.1. The number of anilines is 1. The van der Waals surface area contributed by atoms with Crippen LogP contribution in [0.5, 0.6) is 5.75 Å². The van der Waals surface area contributed by atoms with E-state index in [0.29, 0.717) is 12.2 Å². The van der Waals surface area contributed by atoms with Gasteiger partial charge in [-0.05, 0) is 29.8 Å². The predicted molar refractivity (Wildman–Crippen MR) is 105 cm³/mol. The van der Waals surface area contributed by atoms with Crippen molar-refractivity contribution in [3.05, 3.63) is 65.9 Å². The number of nitrogens with zero attached hydrogens (tertiary/aromatic N) is 3. The number of methoxy groups -OCH3 is 1. The Morgan fingerprint density at radius 1 is 1.22 bits per heavy atom. The molecule has 2 aromatic heterocycles. The molecule has 0 radical (unpaired) electrons. The van der Waals surface area contributed by atoms with Gasteiger partial charge in [0.05, 0.1) is 23.5 Å². The minimum atomic E-state index is -0.0630. The Labute approximate surface area is 159 Å². The van der Waals surface area contributed by atoms with Gasteiger partial charge in [-0.3, -0.25) is 4.79 Å². The van der Waals surface area contributed by atoms with Crippen molar-refractivity contribution in [3.63, 3.8) is 0 Å². The van der Waals surface area contributed by atoms with Crippen molar-refractivity contribution in [2.24, 2.45) is 0 Å². The molecule has 2 aromatic carbocycles. The summed E-state index contributed by atoms with van der Waals surface area (Å²) in [6.07, 6.45) is 2.21. The lowest BCUT2D eigenvalue weighted by Gasteiger charge is -2.23. The monoisotopic (exact) mass is 376 g/mol. The normalized spacial score (nSPS) is 16.2. The molecule has 0 fully saturated rings. The van der Waals surface area contributed by atoms with Gasteiger partial charge >= 0.3 is 0 Å². The van der Waals surface area contributed by atoms with E-state index in [2.05, 4.69) is 15.4 Å². The SMILES string of the molecule is COc1cccc([C@@H]2CC(=O)Nc3c2cnn3-c2nc3ccccc3s2)c1. The van der Waals surface area contributed by atoms with Crippen LogP contribution in [0.3, 0.4) is 0 Å². The molecule has 0 saturated heterocycles. The third-order valence-corrected chi connectivity index (χ3v) is 5.79. The molecule has 6 nitrogen and oxygen atoms in total. The maximum atomic E-state index is 12.4. The lowest BCUT2D eigenvalue weighted by atomic mass is 9.87. The standard InChI is InChI=1S/C20H16N4O2S/c1-26-13-6-4-5-12(9-13)14-10-18(25)23-19-15(14)11-21-24(19)20-22-16-7-2-3-8-17(16)27-20/h2-9,11,14H,10H2,1H3,(H,23,25)/t14-/m0/s1. The minimum Gasteiger partial charge on any atom is -0.497 e. The van der Waals surface area contributed by atoms with E-state index in [1.807, 2.05) is 54.7 Å². The van der Waals surface area contributed by atoms with Crippen molar-refractivity contribution in [2.75, 3.05) is 12.4 Å². The molecule has 27 heavy (non-hydrogen) atoms. The van der Waals surface area contributed by atoms with E-state index in [-0.39, 0.29) is 11.8 Å². The van der Waals surface area contributed by atoms with Gasteiger partial charge in [-0.1, -0.05) is 35.6 Å². The van der Waals surface area contributed by atoms with E-state index in [0.717, 1.165) is 32.2 Å². The molecule has 7 heteroatoms. The van der Waals surface area contributed by atoms with Crippen molar-refractivity contribution in [1.29, 1.82) is 0 Å². The van der Waals surface area contributed by atoms with E-state index >= 15 is 0 Å². The number of ether oxygens (including phenoxy) is 1. The number of fused-ring (bicyclic) bond motifs is 2. The van der Waals surface area contributed by atoms with Gasteiger partial charge in [-0.15, -0.1) is 0 Å². The third kappa shape index (κ3) is 2.67. The van der Waals surface area contributed by atoms with Crippen molar-refractivity contribution >= 4 is 33.3 Å². The van der Waals surface area contributed by atoms with Gasteiger partial charge in [0.1, 0.15) is 11.6 Å². The van der Waals surface area contributed by atoms with E-state index in [1.54, 1.807) is 23.1 Å². The summed E-state index contributed by atoms with van der Waals surface area (Å²) in [5.74, 6) is 1.38. The quantitative estimate of drug-likeness (QED) is 0.587. The van der Waals surface area contributed by atoms with Crippen molar-refractivity contribution < 1.29 is 9.53 Å². The van der Waals surface area contributed by atoms with Crippen molar-refractivity contribution in [3.8, 4) is 10.9 Å². The second-order valence-electron chi connectivity index (χ2n) is 6.41. The number of carbonyl (C=O) groups excluding carboxylic acids is 1. The van der Waals surface area contributed by atoms with E-state index in [9.17, 15) is 4.79 Å². The Hall–Kier alpha value is -3.19. The summed E-state index contributed by atoms with van der Waals surface area (Å²) in [7, 11) is 1.64. The van der Waals surface area contributed by atoms with E-state index < -0.39 is 0 Å². The average Bonchev–Trinajstić information content (AvgIpc) is 3.30. The predicted octanol–water partition coefficient (Wildman–Crippen LogP) is 3.96. The number of amides is 1. The number of hydrogen-bond acceptors (Lipinski definition) is 5. The number of carbonyl (C=O) groups is 1. The van der Waals surface area contributed by atoms with E-state index in [4.69, 9.17) is 4.74 Å². The van der Waals surface area contributed by atoms with Crippen LogP contribution in [-0.2, 0) is 4.79 Å². The summed E-state index contributed by atoms with van der Waals surface area (Å²) in [6, 6.07) is 15.8. The van der Waals surface area contributed by atoms with Crippen molar-refractivity contribution in [1.82, 2.24) is 14.8 Å². The summed E-state index contributed by atoms with van der Waals surface area (Å²) in [4.78, 5) is 17.1. The van der Waals surface area contributed by atoms with Gasteiger partial charge in [0, 0.05) is 17.9 Å². The topological polar surface area (TPSA) is 69.0 Å². The maximum absolute atomic E-state index is 12.4. The molecular weight excluding hydrogens is 360 g/mol. The van der Waals surface area contributed by atoms with Gasteiger partial charge in [0.25, 0.3) is 0 Å². The number of benzene rings is 2. The highest BCUT2D eigenvalue weighted by molar-refractivity contribution is 7.20. The number of thiazole rings is 1. The zero-order chi connectivity index (χ0) is 18.4. The molecule has 0 aliphatic carbocycles. The zero-order valence-electron chi connectivity index (χ0n) is 14.5. The molecule has 1 aliphatic rings. The second kappa shape index (κ2) is 6.21. The first-order valence-corrected chi connectivity index (χ1v) is 9.42. The molecule has 4 aromatic rings. The summed E-state index contributed by atoms with van der Waals surface area (Å²) in [5, 5.41) is 8.25. The lowest BCUT2D eigenvalue weighted by molar-refractivity contribution is -0.116. The molecule has 0 unspecified atom stereocenters. The smallest absolute Gasteiger partial charge is 0.226 e. The number of para-hydroxylation sites is 1. The molecule has 1 aliphatic heterocycles. The Balaban J connectivity index is 1.62. The number of hydrogen-bond donors (Lipinski definition) is 1. The minimum absolute atomic E-state index is 0.0295. The molecule has 1 amide bonds. The number of rotatable bonds is 3. The van der Waals surface area contributed by atoms with Gasteiger partial charge in [-0.2, -0.15) is 9.78 Å². The molecule has 1 atom stereocenters. The molecule has 5 rings (SSSR count). The van der Waals surface area contributed by atoms with Gasteiger partial charge in [-0.25, -0.2) is 4.98 Å². The van der Waals surface area contributed by atoms with Gasteiger partial charge in [0.2, 0.25) is 11.0 Å². The molecular formula is C20H16N4O2S. The largest absolute Gasteiger partial charge is 0.497 e. The van der Waals surface area contributed by atoms with E-state index in [1.165, 1.54) is 0 Å². The molecule has 1 N–H and O–H groups in total. The van der Waals surface area contributed by atoms with Crippen molar-refractivity contribution in [2.45, 2.75) is 12.3 Å². The molecule has 0 saturated carbocycles. The van der Waals surface area contributed by atoms with Crippen LogP contribution >= 0.6 is 11.3 Å². The second-order valence-corrected chi connectivity index (χ2v) is 7.42. The first-order chi connectivity index (χ1) is 13.2. The third-order valence-electron chi connectivity index (χ3n) is 4.78. The molecule has 0 spiro atoms. The first kappa shape index (κ1) is 16.0. The Morgan fingerprint density at radius 2 is 2.11 bits per heavy atom. The Kier molecular flexibility index (Phi) is 3.68. The molecule has 3 heterocycles. The van der Waals surface area contributed by atoms with Crippen LogP contribution < -0.4 is 10.1 Å². The number of aromatic nitrogens is 3. The first-order valence-electron chi connectivity index (χ1n) is 8.60. The van der Waals surface area contributed by atoms with Crippen LogP contribution in [-0.4, -0.2) is 27.8 Å². The lowest BCUT2D eigenvalue weighted by Crippen LogP contribution is -2.24. The fraction of sp³-hybridized carbons (Fsp3) is 0.150. The van der Waals surface area contributed by atoms with Crippen LogP contribution in [0.2, 0.25) is 0 Å². The van der Waals surface area contributed by atoms with Crippen LogP contribution in [0.1, 0.15) is 23.5 Å². The average molecular weight is 376 g/mol. The zero-order valence-corrected chi connectivity index (χ0v) is 15.4. The summed E-state index contributed by atoms with van der Waals surface area (Å²) in [6.45, 7) is 0. The highest BCUT2D eigenvalue weighted by Gasteiger charge is 2.31. The van der Waals surface area contributed by atoms with Crippen LogP contribution in [0.15, 0.2) is 54.7 Å². The highest BCUT2D eigenvalue weighted by Crippen LogP contribution is 2.39. The van der Waals surface area contributed by atoms with Gasteiger partial charge in [0.15, 0.2) is 0 Å². The Morgan fingerprint density at radius 3 is 2.96 bits per heavy atom. The summed E-state index contributed by atoms with van der Waals surface area (Å²) >= 11 is 1.55. The Bertz CT molecular complexity index is 1130. The summed E-state index contributed by atoms with van der Waals surface area (Å²) in [5.41, 5.74) is 2.95. The van der Waals surface area contributed by atoms with Crippen LogP contribution in [0, 0.1) is 0 Å². The van der Waals surface area contributed by atoms with Gasteiger partial charge < -0.3 is 10.1 Å². The fourth-order valence-corrected chi connectivity index (χ4v) is 4.40. The summed E-state index contributed by atoms with van der Waals surface area (Å²) < 4.78 is 8.15. The molecule has 134 valence electrons. The maximum Gasteiger partial charge on any atom is 0.226 e. The fourth-order valence-electron chi connectivity index (χ4n) is 3.47. The molecule has 0 bridgehead atoms. The number of nitrogens with one attached hydrogen (secondary N) is 1. The van der Waals surface area contributed by atoms with Crippen LogP contribution in [0.25, 0.3) is 15.3 Å².